The van der Waals surface area contributed by atoms with Crippen molar-refractivity contribution in [2.45, 2.75) is 38.1 Å². The predicted molar refractivity (Wildman–Crippen MR) is 94.4 cm³/mol. The van der Waals surface area contributed by atoms with Gasteiger partial charge >= 0.3 is 29.6 Å². The van der Waals surface area contributed by atoms with E-state index < -0.39 is 5.97 Å². The minimum absolute atomic E-state index is 0. The van der Waals surface area contributed by atoms with Gasteiger partial charge in [-0.15, -0.1) is 0 Å². The maximum Gasteiger partial charge on any atom is 1.00 e. The smallest absolute Gasteiger partial charge is 0.549 e. The maximum absolute atomic E-state index is 12.8. The zero-order chi connectivity index (χ0) is 17.6. The zero-order valence-corrected chi connectivity index (χ0v) is 17.6. The summed E-state index contributed by atoms with van der Waals surface area (Å²) in [5, 5.41) is 13.8. The van der Waals surface area contributed by atoms with Crippen LogP contribution in [0.15, 0.2) is 24.3 Å². The molecule has 1 aromatic carbocycles. The van der Waals surface area contributed by atoms with Crippen molar-refractivity contribution in [3.8, 4) is 0 Å². The Kier molecular flexibility index (Phi) is 8.41. The number of hydrogen-bond acceptors (Lipinski definition) is 5. The molecule has 0 spiro atoms. The fourth-order valence-electron chi connectivity index (χ4n) is 3.76. The Labute approximate surface area is 177 Å². The largest absolute Gasteiger partial charge is 1.00 e. The van der Waals surface area contributed by atoms with Gasteiger partial charge in [0.15, 0.2) is 0 Å². The zero-order valence-electron chi connectivity index (χ0n) is 15.6. The average molecular weight is 367 g/mol. The van der Waals surface area contributed by atoms with E-state index in [4.69, 9.17) is 0 Å². The molecule has 0 unspecified atom stereocenters. The summed E-state index contributed by atoms with van der Waals surface area (Å²) in [6.45, 7) is 3.33. The molecule has 136 valence electrons. The van der Waals surface area contributed by atoms with Crippen LogP contribution >= 0.6 is 0 Å². The number of carbonyl (C=O) groups is 2. The summed E-state index contributed by atoms with van der Waals surface area (Å²) in [5.41, 5.74) is 1.76. The summed E-state index contributed by atoms with van der Waals surface area (Å²) >= 11 is 0. The van der Waals surface area contributed by atoms with Crippen LogP contribution in [-0.2, 0) is 4.79 Å². The van der Waals surface area contributed by atoms with E-state index in [1.807, 2.05) is 29.2 Å². The number of carboxylic acids is 1. The SMILES string of the molecule is O=C([O-])CN1CCC(NC(=O)c2ccccc2N2CCCCC2)CC1.[Na+]. The molecule has 0 radical (unpaired) electrons. The van der Waals surface area contributed by atoms with Crippen LogP contribution < -0.4 is 44.9 Å². The number of hydrogen-bond donors (Lipinski definition) is 1. The van der Waals surface area contributed by atoms with E-state index in [0.717, 1.165) is 37.2 Å². The molecule has 2 saturated heterocycles. The summed E-state index contributed by atoms with van der Waals surface area (Å²) in [6.07, 6.45) is 5.14. The van der Waals surface area contributed by atoms with E-state index in [2.05, 4.69) is 10.2 Å². The monoisotopic (exact) mass is 367 g/mol. The maximum atomic E-state index is 12.8. The molecular weight excluding hydrogens is 341 g/mol. The van der Waals surface area contributed by atoms with Crippen LogP contribution in [0, 0.1) is 0 Å². The average Bonchev–Trinajstić information content (AvgIpc) is 2.63. The van der Waals surface area contributed by atoms with Crippen LogP contribution in [0.3, 0.4) is 0 Å². The summed E-state index contributed by atoms with van der Waals surface area (Å²) in [7, 11) is 0. The summed E-state index contributed by atoms with van der Waals surface area (Å²) in [5.74, 6) is -1.07. The summed E-state index contributed by atoms with van der Waals surface area (Å²) < 4.78 is 0. The molecule has 2 aliphatic rings. The van der Waals surface area contributed by atoms with E-state index in [1.54, 1.807) is 0 Å². The number of carbonyl (C=O) groups excluding carboxylic acids is 2. The van der Waals surface area contributed by atoms with Crippen molar-refractivity contribution in [2.75, 3.05) is 37.6 Å². The fraction of sp³-hybridized carbons (Fsp3) is 0.579. The number of aliphatic carboxylic acids is 1. The molecule has 0 aliphatic carbocycles. The molecule has 1 aromatic rings. The first kappa shape index (κ1) is 21.2. The third kappa shape index (κ3) is 5.71. The minimum atomic E-state index is -1.04. The van der Waals surface area contributed by atoms with Crippen LogP contribution in [-0.4, -0.2) is 55.5 Å². The normalized spacial score (nSPS) is 18.8. The van der Waals surface area contributed by atoms with Gasteiger partial charge in [0, 0.05) is 44.5 Å². The van der Waals surface area contributed by atoms with Crippen molar-refractivity contribution in [2.24, 2.45) is 0 Å². The van der Waals surface area contributed by atoms with Crippen molar-refractivity contribution >= 4 is 17.6 Å². The molecule has 0 bridgehead atoms. The molecule has 7 heteroatoms. The van der Waals surface area contributed by atoms with Crippen LogP contribution in [0.2, 0.25) is 0 Å². The number of nitrogens with one attached hydrogen (secondary N) is 1. The van der Waals surface area contributed by atoms with Gasteiger partial charge in [-0.1, -0.05) is 12.1 Å². The minimum Gasteiger partial charge on any atom is -0.549 e. The Morgan fingerprint density at radius 3 is 2.35 bits per heavy atom. The van der Waals surface area contributed by atoms with Crippen molar-refractivity contribution in [3.63, 3.8) is 0 Å². The predicted octanol–water partition coefficient (Wildman–Crippen LogP) is -2.37. The third-order valence-electron chi connectivity index (χ3n) is 5.12. The fourth-order valence-corrected chi connectivity index (χ4v) is 3.76. The number of nitrogens with zero attached hydrogens (tertiary/aromatic N) is 2. The van der Waals surface area contributed by atoms with Gasteiger partial charge in [-0.3, -0.25) is 9.69 Å². The number of carboxylic acid groups (broad SMARTS) is 1. The number of likely N-dealkylation sites (tertiary alicyclic amines) is 1. The first-order chi connectivity index (χ1) is 12.1. The first-order valence-electron chi connectivity index (χ1n) is 9.20. The molecule has 2 fully saturated rings. The molecule has 2 aliphatic heterocycles. The topological polar surface area (TPSA) is 75.7 Å². The van der Waals surface area contributed by atoms with Gasteiger partial charge in [-0.2, -0.15) is 0 Å². The van der Waals surface area contributed by atoms with Crippen molar-refractivity contribution in [1.82, 2.24) is 10.2 Å². The number of anilines is 1. The number of amides is 1. The molecule has 0 atom stereocenters. The van der Waals surface area contributed by atoms with E-state index >= 15 is 0 Å². The van der Waals surface area contributed by atoms with Gasteiger partial charge in [-0.25, -0.2) is 0 Å². The molecule has 0 aromatic heterocycles. The van der Waals surface area contributed by atoms with Crippen molar-refractivity contribution in [1.29, 1.82) is 0 Å². The molecule has 26 heavy (non-hydrogen) atoms. The Bertz CT molecular complexity index is 612. The molecule has 0 saturated carbocycles. The summed E-state index contributed by atoms with van der Waals surface area (Å²) in [6, 6.07) is 7.91. The second-order valence-electron chi connectivity index (χ2n) is 6.96. The van der Waals surface area contributed by atoms with Crippen molar-refractivity contribution in [3.05, 3.63) is 29.8 Å². The van der Waals surface area contributed by atoms with Crippen molar-refractivity contribution < 1.29 is 44.3 Å². The van der Waals surface area contributed by atoms with Crippen LogP contribution in [0.1, 0.15) is 42.5 Å². The van der Waals surface area contributed by atoms with E-state index in [0.29, 0.717) is 13.1 Å². The molecule has 1 N–H and O–H groups in total. The van der Waals surface area contributed by atoms with Crippen LogP contribution in [0.5, 0.6) is 0 Å². The van der Waals surface area contributed by atoms with E-state index in [9.17, 15) is 14.7 Å². The van der Waals surface area contributed by atoms with E-state index in [1.165, 1.54) is 19.3 Å². The molecule has 1 amide bonds. The molecule has 3 rings (SSSR count). The second kappa shape index (κ2) is 10.3. The Morgan fingerprint density at radius 2 is 1.69 bits per heavy atom. The molecular formula is C19H26N3NaO3. The van der Waals surface area contributed by atoms with Gasteiger partial charge < -0.3 is 20.1 Å². The number of para-hydroxylation sites is 1. The Balaban J connectivity index is 0.00000243. The molecule has 6 nitrogen and oxygen atoms in total. The van der Waals surface area contributed by atoms with Gasteiger partial charge in [-0.05, 0) is 44.2 Å². The van der Waals surface area contributed by atoms with E-state index in [-0.39, 0.29) is 48.1 Å². The van der Waals surface area contributed by atoms with Crippen LogP contribution in [0.4, 0.5) is 5.69 Å². The first-order valence-corrected chi connectivity index (χ1v) is 9.20. The van der Waals surface area contributed by atoms with Gasteiger partial charge in [0.05, 0.1) is 11.5 Å². The Morgan fingerprint density at radius 1 is 1.04 bits per heavy atom. The summed E-state index contributed by atoms with van der Waals surface area (Å²) in [4.78, 5) is 27.6. The quantitative estimate of drug-likeness (QED) is 0.589. The van der Waals surface area contributed by atoms with Gasteiger partial charge in [0.1, 0.15) is 0 Å². The molecule has 2 heterocycles. The number of rotatable bonds is 5. The number of piperidine rings is 2. The van der Waals surface area contributed by atoms with Gasteiger partial charge in [0.25, 0.3) is 5.91 Å². The third-order valence-corrected chi connectivity index (χ3v) is 5.12. The van der Waals surface area contributed by atoms with Gasteiger partial charge in [0.2, 0.25) is 0 Å². The standard InChI is InChI=1S/C19H27N3O3.Na/c23-18(24)14-21-12-8-15(9-13-21)20-19(25)16-6-2-3-7-17(16)22-10-4-1-5-11-22;/h2-3,6-7,15H,1,4-5,8-14H2,(H,20,25)(H,23,24);/q;+1/p-1. The second-order valence-corrected chi connectivity index (χ2v) is 6.96. The Hall–Kier alpha value is -1.08. The number of benzene rings is 1. The van der Waals surface area contributed by atoms with Crippen LogP contribution in [0.25, 0.3) is 0 Å².